The summed E-state index contributed by atoms with van der Waals surface area (Å²) in [6.45, 7) is 10.7. The van der Waals surface area contributed by atoms with E-state index < -0.39 is 16.1 Å². The summed E-state index contributed by atoms with van der Waals surface area (Å²) in [6.07, 6.45) is 1.47. The zero-order chi connectivity index (χ0) is 23.2. The minimum Gasteiger partial charge on any atom is -0.492 e. The first-order valence-corrected chi connectivity index (χ1v) is 12.4. The van der Waals surface area contributed by atoms with Crippen molar-refractivity contribution in [2.75, 3.05) is 23.7 Å². The van der Waals surface area contributed by atoms with E-state index in [0.29, 0.717) is 18.7 Å². The number of rotatable bonds is 9. The number of benzene rings is 2. The van der Waals surface area contributed by atoms with E-state index in [1.807, 2.05) is 37.3 Å². The van der Waals surface area contributed by atoms with Crippen molar-refractivity contribution in [1.29, 1.82) is 0 Å². The highest BCUT2D eigenvalue weighted by Crippen LogP contribution is 2.25. The van der Waals surface area contributed by atoms with Gasteiger partial charge >= 0.3 is 0 Å². The van der Waals surface area contributed by atoms with Crippen molar-refractivity contribution in [1.82, 2.24) is 5.32 Å². The van der Waals surface area contributed by atoms with Gasteiger partial charge in [-0.25, -0.2) is 8.42 Å². The van der Waals surface area contributed by atoms with Crippen LogP contribution in [0.2, 0.25) is 0 Å². The van der Waals surface area contributed by atoms with Gasteiger partial charge in [-0.05, 0) is 54.2 Å². The van der Waals surface area contributed by atoms with E-state index in [0.717, 1.165) is 17.6 Å². The van der Waals surface area contributed by atoms with Crippen LogP contribution in [0, 0.1) is 6.92 Å². The zero-order valence-corrected chi connectivity index (χ0v) is 20.1. The van der Waals surface area contributed by atoms with Crippen molar-refractivity contribution < 1.29 is 17.9 Å². The molecule has 0 saturated heterocycles. The fraction of sp³-hybridized carbons (Fsp3) is 0.458. The Kier molecular flexibility index (Phi) is 8.12. The average Bonchev–Trinajstić information content (AvgIpc) is 2.67. The monoisotopic (exact) mass is 446 g/mol. The summed E-state index contributed by atoms with van der Waals surface area (Å²) in [6, 6.07) is 14.2. The summed E-state index contributed by atoms with van der Waals surface area (Å²) in [5.41, 5.74) is 2.70. The van der Waals surface area contributed by atoms with E-state index in [4.69, 9.17) is 4.74 Å². The second-order valence-electron chi connectivity index (χ2n) is 8.74. The summed E-state index contributed by atoms with van der Waals surface area (Å²) in [4.78, 5) is 12.8. The van der Waals surface area contributed by atoms with E-state index in [2.05, 4.69) is 26.1 Å². The molecule has 170 valence electrons. The highest BCUT2D eigenvalue weighted by molar-refractivity contribution is 7.92. The molecule has 6 nitrogen and oxygen atoms in total. The maximum Gasteiger partial charge on any atom is 0.244 e. The minimum absolute atomic E-state index is 0.0739. The molecular formula is C24H34N2O4S. The summed E-state index contributed by atoms with van der Waals surface area (Å²) >= 11 is 0. The smallest absolute Gasteiger partial charge is 0.244 e. The lowest BCUT2D eigenvalue weighted by molar-refractivity contribution is -0.122. The lowest BCUT2D eigenvalue weighted by Crippen LogP contribution is -2.50. The van der Waals surface area contributed by atoms with Gasteiger partial charge in [0.2, 0.25) is 15.9 Å². The average molecular weight is 447 g/mol. The molecule has 0 heterocycles. The van der Waals surface area contributed by atoms with Gasteiger partial charge in [-0.3, -0.25) is 9.10 Å². The number of hydrogen-bond donors (Lipinski definition) is 1. The van der Waals surface area contributed by atoms with Crippen molar-refractivity contribution in [3.63, 3.8) is 0 Å². The van der Waals surface area contributed by atoms with Crippen molar-refractivity contribution in [3.05, 3.63) is 59.7 Å². The van der Waals surface area contributed by atoms with Crippen molar-refractivity contribution in [2.45, 2.75) is 52.5 Å². The predicted molar refractivity (Wildman–Crippen MR) is 126 cm³/mol. The van der Waals surface area contributed by atoms with Gasteiger partial charge in [-0.2, -0.15) is 0 Å². The van der Waals surface area contributed by atoms with Crippen molar-refractivity contribution in [2.24, 2.45) is 0 Å². The molecule has 1 amide bonds. The molecule has 0 fully saturated rings. The maximum atomic E-state index is 12.8. The second kappa shape index (κ2) is 10.2. The number of nitrogens with one attached hydrogen (secondary N) is 1. The molecule has 1 N–H and O–H groups in total. The van der Waals surface area contributed by atoms with Crippen LogP contribution >= 0.6 is 0 Å². The molecular weight excluding hydrogens is 412 g/mol. The first-order chi connectivity index (χ1) is 14.4. The summed E-state index contributed by atoms with van der Waals surface area (Å²) in [7, 11) is -3.64. The van der Waals surface area contributed by atoms with E-state index >= 15 is 0 Å². The third-order valence-corrected chi connectivity index (χ3v) is 6.16. The maximum absolute atomic E-state index is 12.8. The molecule has 0 aliphatic heterocycles. The fourth-order valence-electron chi connectivity index (χ4n) is 3.34. The minimum atomic E-state index is -3.64. The highest BCUT2D eigenvalue weighted by Gasteiger charge is 2.31. The van der Waals surface area contributed by atoms with Crippen LogP contribution in [0.4, 0.5) is 5.69 Å². The summed E-state index contributed by atoms with van der Waals surface area (Å²) in [5.74, 6) is 0.382. The quantitative estimate of drug-likeness (QED) is 0.590. The molecule has 0 aliphatic rings. The first kappa shape index (κ1) is 24.7. The Morgan fingerprint density at radius 1 is 1.13 bits per heavy atom. The van der Waals surface area contributed by atoms with Crippen LogP contribution < -0.4 is 14.4 Å². The van der Waals surface area contributed by atoms with E-state index in [1.54, 1.807) is 25.1 Å². The number of hydrogen-bond acceptors (Lipinski definition) is 4. The van der Waals surface area contributed by atoms with Crippen molar-refractivity contribution >= 4 is 21.6 Å². The van der Waals surface area contributed by atoms with Crippen LogP contribution in [0.3, 0.4) is 0 Å². The zero-order valence-electron chi connectivity index (χ0n) is 19.3. The Hall–Kier alpha value is -2.54. The van der Waals surface area contributed by atoms with Gasteiger partial charge in [0.05, 0.1) is 18.5 Å². The molecule has 2 aromatic carbocycles. The molecule has 2 aromatic rings. The number of amides is 1. The molecule has 2 rings (SSSR count). The van der Waals surface area contributed by atoms with E-state index in [-0.39, 0.29) is 17.9 Å². The first-order valence-electron chi connectivity index (χ1n) is 10.5. The van der Waals surface area contributed by atoms with Crippen LogP contribution in [-0.2, 0) is 20.2 Å². The molecule has 0 aromatic heterocycles. The van der Waals surface area contributed by atoms with Gasteiger partial charge < -0.3 is 10.1 Å². The fourth-order valence-corrected chi connectivity index (χ4v) is 4.54. The van der Waals surface area contributed by atoms with Crippen LogP contribution in [0.25, 0.3) is 0 Å². The van der Waals surface area contributed by atoms with Gasteiger partial charge in [0.25, 0.3) is 0 Å². The highest BCUT2D eigenvalue weighted by atomic mass is 32.2. The largest absolute Gasteiger partial charge is 0.492 e. The summed E-state index contributed by atoms with van der Waals surface area (Å²) < 4.78 is 31.9. The Balaban J connectivity index is 2.00. The summed E-state index contributed by atoms with van der Waals surface area (Å²) in [5, 5.41) is 2.81. The SMILES string of the molecule is CC[C@@H](C(=O)NCCOc1ccc(C(C)(C)C)cc1)N(c1cccc(C)c1)S(C)(=O)=O. The second-order valence-corrected chi connectivity index (χ2v) is 10.6. The molecule has 7 heteroatoms. The molecule has 0 saturated carbocycles. The number of anilines is 1. The Bertz CT molecular complexity index is 979. The normalized spacial score (nSPS) is 12.8. The van der Waals surface area contributed by atoms with Gasteiger partial charge in [0.15, 0.2) is 0 Å². The number of sulfonamides is 1. The van der Waals surface area contributed by atoms with Gasteiger partial charge in [0, 0.05) is 0 Å². The Morgan fingerprint density at radius 2 is 1.77 bits per heavy atom. The number of aryl methyl sites for hydroxylation is 1. The van der Waals surface area contributed by atoms with Gasteiger partial charge in [-0.1, -0.05) is 52.0 Å². The van der Waals surface area contributed by atoms with E-state index in [1.165, 1.54) is 9.87 Å². The Morgan fingerprint density at radius 3 is 2.29 bits per heavy atom. The standard InChI is InChI=1S/C24H34N2O4S/c1-7-22(26(31(6,28)29)20-10-8-9-18(2)17-20)23(27)25-15-16-30-21-13-11-19(12-14-21)24(3,4)5/h8-14,17,22H,7,15-16H2,1-6H3,(H,25,27)/t22-/m0/s1. The van der Waals surface area contributed by atoms with Crippen LogP contribution in [0.1, 0.15) is 45.2 Å². The van der Waals surface area contributed by atoms with Crippen LogP contribution in [-0.4, -0.2) is 39.8 Å². The molecule has 31 heavy (non-hydrogen) atoms. The van der Waals surface area contributed by atoms with Crippen LogP contribution in [0.5, 0.6) is 5.75 Å². The van der Waals surface area contributed by atoms with Gasteiger partial charge in [-0.15, -0.1) is 0 Å². The predicted octanol–water partition coefficient (Wildman–Crippen LogP) is 4.03. The lowest BCUT2D eigenvalue weighted by atomic mass is 9.87. The van der Waals surface area contributed by atoms with E-state index in [9.17, 15) is 13.2 Å². The molecule has 1 atom stereocenters. The topological polar surface area (TPSA) is 75.7 Å². The lowest BCUT2D eigenvalue weighted by Gasteiger charge is -2.30. The number of carbonyl (C=O) groups excluding carboxylic acids is 1. The molecule has 0 spiro atoms. The number of nitrogens with zero attached hydrogens (tertiary/aromatic N) is 1. The Labute approximate surface area is 186 Å². The number of ether oxygens (including phenoxy) is 1. The number of carbonyl (C=O) groups is 1. The molecule has 0 unspecified atom stereocenters. The molecule has 0 bridgehead atoms. The van der Waals surface area contributed by atoms with Crippen LogP contribution in [0.15, 0.2) is 48.5 Å². The van der Waals surface area contributed by atoms with Crippen molar-refractivity contribution in [3.8, 4) is 5.75 Å². The third-order valence-electron chi connectivity index (χ3n) is 4.98. The van der Waals surface area contributed by atoms with Gasteiger partial charge in [0.1, 0.15) is 18.4 Å². The molecule has 0 radical (unpaired) electrons. The third kappa shape index (κ3) is 6.99. The molecule has 0 aliphatic carbocycles.